The van der Waals surface area contributed by atoms with E-state index in [9.17, 15) is 41.9 Å². The van der Waals surface area contributed by atoms with Crippen LogP contribution in [0.3, 0.4) is 0 Å². The molecular weight excluding hydrogens is 550 g/mol. The van der Waals surface area contributed by atoms with Crippen LogP contribution in [-0.2, 0) is 0 Å². The van der Waals surface area contributed by atoms with Crippen LogP contribution in [0.15, 0.2) is 47.6 Å². The lowest BCUT2D eigenvalue weighted by molar-refractivity contribution is -0.991. The Kier molecular flexibility index (Phi) is 8.68. The predicted octanol–water partition coefficient (Wildman–Crippen LogP) is 1.45. The molecule has 2 unspecified atom stereocenters. The summed E-state index contributed by atoms with van der Waals surface area (Å²) in [7, 11) is 0. The summed E-state index contributed by atoms with van der Waals surface area (Å²) in [6, 6.07) is 6.92. The Morgan fingerprint density at radius 2 is 1.51 bits per heavy atom. The summed E-state index contributed by atoms with van der Waals surface area (Å²) in [5.74, 6) is -2.03. The Bertz CT molecular complexity index is 1290. The highest BCUT2D eigenvalue weighted by Crippen LogP contribution is 2.36. The number of hydrogen-bond acceptors (Lipinski definition) is 12. The smallest absolute Gasteiger partial charge is 0.434 e. The number of phenols is 1. The summed E-state index contributed by atoms with van der Waals surface area (Å²) in [4.78, 5) is 10.5. The largest absolute Gasteiger partial charge is 0.595 e. The van der Waals surface area contributed by atoms with E-state index in [4.69, 9.17) is 10.4 Å². The number of anilines is 3. The lowest BCUT2D eigenvalue weighted by atomic mass is 10.2. The SMILES string of the molecule is [O-][NH+](O)c1ccc(Nc2nc(NN=Cc3cccc([NH+]([O-])O)c3O)nc(OC(C(F)(F)F)C(F)(F)F)n2)cc1. The molecule has 0 saturated carbocycles. The van der Waals surface area contributed by atoms with Crippen molar-refractivity contribution in [3.05, 3.63) is 58.4 Å². The molecule has 0 aliphatic carbocycles. The molecular formula is C19H16F6N8O6. The standard InChI is InChI=1S/C19H16F6N8O6/c20-18(21,22)14(19(23,24)25)39-17-29-15(27-10-4-6-11(7-5-10)32(35)36)28-16(30-17)31-26-8-9-2-1-3-12(13(9)34)33(37)38/h1-8,14,32-35,37H,(H2,27,28,29,30,31). The molecule has 210 valence electrons. The van der Waals surface area contributed by atoms with Gasteiger partial charge < -0.3 is 25.6 Å². The molecule has 0 radical (unpaired) electrons. The number of benzene rings is 2. The first-order chi connectivity index (χ1) is 18.1. The lowest BCUT2D eigenvalue weighted by Gasteiger charge is -2.22. The van der Waals surface area contributed by atoms with E-state index in [1.807, 2.05) is 0 Å². The van der Waals surface area contributed by atoms with Crippen molar-refractivity contribution in [1.29, 1.82) is 0 Å². The molecule has 7 N–H and O–H groups in total. The third-order valence-electron chi connectivity index (χ3n) is 4.49. The van der Waals surface area contributed by atoms with Gasteiger partial charge in [-0.3, -0.25) is 0 Å². The Balaban J connectivity index is 1.94. The fourth-order valence-corrected chi connectivity index (χ4v) is 2.76. The van der Waals surface area contributed by atoms with E-state index in [2.05, 4.69) is 35.5 Å². The van der Waals surface area contributed by atoms with Gasteiger partial charge in [0.15, 0.2) is 11.4 Å². The summed E-state index contributed by atoms with van der Waals surface area (Å²) in [6.07, 6.45) is -15.2. The molecule has 0 aliphatic rings. The number of ether oxygens (including phenoxy) is 1. The number of para-hydroxylation sites is 1. The lowest BCUT2D eigenvalue weighted by Crippen LogP contribution is -2.99. The zero-order valence-electron chi connectivity index (χ0n) is 18.8. The molecule has 20 heteroatoms. The predicted molar refractivity (Wildman–Crippen MR) is 117 cm³/mol. The van der Waals surface area contributed by atoms with Crippen LogP contribution >= 0.6 is 0 Å². The molecule has 0 aliphatic heterocycles. The first-order valence-corrected chi connectivity index (χ1v) is 10.2. The van der Waals surface area contributed by atoms with E-state index >= 15 is 0 Å². The molecule has 0 bridgehead atoms. The van der Waals surface area contributed by atoms with Gasteiger partial charge in [-0.1, -0.05) is 6.07 Å². The van der Waals surface area contributed by atoms with E-state index in [1.165, 1.54) is 24.3 Å². The number of phenolic OH excluding ortho intramolecular Hbond substituents is 1. The van der Waals surface area contributed by atoms with Gasteiger partial charge in [-0.25, -0.2) is 15.8 Å². The van der Waals surface area contributed by atoms with Gasteiger partial charge in [0.05, 0.1) is 6.21 Å². The van der Waals surface area contributed by atoms with Crippen molar-refractivity contribution in [1.82, 2.24) is 15.0 Å². The maximum absolute atomic E-state index is 13.0. The number of rotatable bonds is 9. The number of halogens is 6. The molecule has 2 aromatic carbocycles. The van der Waals surface area contributed by atoms with Gasteiger partial charge in [-0.2, -0.15) is 56.8 Å². The summed E-state index contributed by atoms with van der Waals surface area (Å²) >= 11 is 0. The molecule has 0 amide bonds. The number of alkyl halides is 6. The first kappa shape index (κ1) is 29.2. The highest BCUT2D eigenvalue weighted by molar-refractivity contribution is 5.85. The molecule has 2 atom stereocenters. The Morgan fingerprint density at radius 1 is 0.897 bits per heavy atom. The highest BCUT2D eigenvalue weighted by Gasteiger charge is 2.59. The topological polar surface area (TPSA) is 200 Å². The zero-order chi connectivity index (χ0) is 29.0. The van der Waals surface area contributed by atoms with E-state index in [1.54, 1.807) is 0 Å². The maximum Gasteiger partial charge on any atom is 0.434 e. The van der Waals surface area contributed by atoms with Crippen LogP contribution in [0.1, 0.15) is 5.56 Å². The summed E-state index contributed by atoms with van der Waals surface area (Å²) in [5.41, 5.74) is 1.47. The Morgan fingerprint density at radius 3 is 2.08 bits per heavy atom. The number of hydrazone groups is 1. The molecule has 39 heavy (non-hydrogen) atoms. The molecule has 14 nitrogen and oxygen atoms in total. The Labute approximate surface area is 212 Å². The number of nitrogens with one attached hydrogen (secondary N) is 4. The van der Waals surface area contributed by atoms with Crippen LogP contribution in [0.4, 0.5) is 55.3 Å². The van der Waals surface area contributed by atoms with Gasteiger partial charge in [0.2, 0.25) is 11.6 Å². The highest BCUT2D eigenvalue weighted by atomic mass is 19.4. The number of aromatic nitrogens is 3. The van der Waals surface area contributed by atoms with Crippen molar-refractivity contribution in [3.8, 4) is 11.8 Å². The fourth-order valence-electron chi connectivity index (χ4n) is 2.76. The second kappa shape index (κ2) is 11.6. The molecule has 0 saturated heterocycles. The minimum atomic E-state index is -5.89. The first-order valence-electron chi connectivity index (χ1n) is 10.2. The van der Waals surface area contributed by atoms with Crippen LogP contribution in [0.5, 0.6) is 11.8 Å². The number of hydrogen-bond donors (Lipinski definition) is 7. The van der Waals surface area contributed by atoms with E-state index < -0.39 is 58.3 Å². The Hall–Kier alpha value is -4.34. The minimum absolute atomic E-state index is 0.0881. The molecule has 3 aromatic rings. The summed E-state index contributed by atoms with van der Waals surface area (Å²) in [5, 5.41) is 53.4. The van der Waals surface area contributed by atoms with Crippen molar-refractivity contribution < 1.29 is 57.1 Å². The molecule has 0 spiro atoms. The third kappa shape index (κ3) is 7.83. The van der Waals surface area contributed by atoms with Gasteiger partial charge in [0.1, 0.15) is 0 Å². The van der Waals surface area contributed by atoms with Crippen molar-refractivity contribution in [2.75, 3.05) is 10.7 Å². The van der Waals surface area contributed by atoms with E-state index in [0.29, 0.717) is 0 Å². The quantitative estimate of drug-likeness (QED) is 0.0856. The average molecular weight is 566 g/mol. The van der Waals surface area contributed by atoms with Gasteiger partial charge >= 0.3 is 18.4 Å². The third-order valence-corrected chi connectivity index (χ3v) is 4.49. The van der Waals surface area contributed by atoms with E-state index in [0.717, 1.165) is 24.4 Å². The number of nitrogens with zero attached hydrogens (tertiary/aromatic N) is 4. The van der Waals surface area contributed by atoms with Crippen molar-refractivity contribution in [3.63, 3.8) is 0 Å². The van der Waals surface area contributed by atoms with Crippen LogP contribution in [0, 0.1) is 10.4 Å². The molecule has 0 fully saturated rings. The van der Waals surface area contributed by atoms with Crippen LogP contribution in [0.2, 0.25) is 0 Å². The molecule has 3 rings (SSSR count). The van der Waals surface area contributed by atoms with Gasteiger partial charge in [-0.15, -0.1) is 0 Å². The average Bonchev–Trinajstić information content (AvgIpc) is 2.82. The van der Waals surface area contributed by atoms with E-state index in [-0.39, 0.29) is 16.9 Å². The normalized spacial score (nSPS) is 13.9. The monoisotopic (exact) mass is 566 g/mol. The van der Waals surface area contributed by atoms with Crippen molar-refractivity contribution >= 4 is 35.2 Å². The van der Waals surface area contributed by atoms with Crippen molar-refractivity contribution in [2.24, 2.45) is 5.10 Å². The maximum atomic E-state index is 13.0. The molecule has 1 heterocycles. The zero-order valence-corrected chi connectivity index (χ0v) is 18.8. The fraction of sp³-hybridized carbons (Fsp3) is 0.158. The molecule has 1 aromatic heterocycles. The van der Waals surface area contributed by atoms with Crippen LogP contribution < -0.4 is 25.9 Å². The van der Waals surface area contributed by atoms with Gasteiger partial charge in [0, 0.05) is 29.4 Å². The summed E-state index contributed by atoms with van der Waals surface area (Å²) in [6.45, 7) is 0. The van der Waals surface area contributed by atoms with Gasteiger partial charge in [0.25, 0.3) is 12.1 Å². The minimum Gasteiger partial charge on any atom is -0.595 e. The van der Waals surface area contributed by atoms with Crippen LogP contribution in [-0.4, -0.2) is 55.1 Å². The van der Waals surface area contributed by atoms with Crippen LogP contribution in [0.25, 0.3) is 0 Å². The second-order valence-corrected chi connectivity index (χ2v) is 7.27. The van der Waals surface area contributed by atoms with Gasteiger partial charge in [-0.05, 0) is 18.2 Å². The number of aromatic hydroxyl groups is 1. The van der Waals surface area contributed by atoms with Crippen molar-refractivity contribution in [2.45, 2.75) is 18.5 Å². The second-order valence-electron chi connectivity index (χ2n) is 7.27. The summed E-state index contributed by atoms with van der Waals surface area (Å²) < 4.78 is 81.9. The number of quaternary nitrogens is 2.